The summed E-state index contributed by atoms with van der Waals surface area (Å²) in [6, 6.07) is 17.5. The van der Waals surface area contributed by atoms with Crippen LogP contribution in [0.5, 0.6) is 11.5 Å². The van der Waals surface area contributed by atoms with Crippen LogP contribution in [-0.4, -0.2) is 50.2 Å². The molecule has 1 saturated heterocycles. The molecule has 0 saturated carbocycles. The first-order valence-corrected chi connectivity index (χ1v) is 8.57. The van der Waals surface area contributed by atoms with Crippen molar-refractivity contribution in [3.63, 3.8) is 0 Å². The van der Waals surface area contributed by atoms with Gasteiger partial charge in [0.25, 0.3) is 5.91 Å². The molecular formula is C20H24N2O3. The van der Waals surface area contributed by atoms with E-state index >= 15 is 0 Å². The van der Waals surface area contributed by atoms with E-state index in [0.29, 0.717) is 13.1 Å². The molecule has 0 aliphatic carbocycles. The van der Waals surface area contributed by atoms with Gasteiger partial charge in [-0.1, -0.05) is 18.2 Å². The van der Waals surface area contributed by atoms with Crippen molar-refractivity contribution in [1.82, 2.24) is 4.90 Å². The summed E-state index contributed by atoms with van der Waals surface area (Å²) in [4.78, 5) is 16.8. The fraction of sp³-hybridized carbons (Fsp3) is 0.350. The average molecular weight is 340 g/mol. The zero-order valence-electron chi connectivity index (χ0n) is 14.7. The summed E-state index contributed by atoms with van der Waals surface area (Å²) in [6.07, 6.45) is -0.477. The van der Waals surface area contributed by atoms with Crippen LogP contribution >= 0.6 is 0 Å². The molecule has 1 amide bonds. The second-order valence-electron chi connectivity index (χ2n) is 6.08. The summed E-state index contributed by atoms with van der Waals surface area (Å²) >= 11 is 0. The van der Waals surface area contributed by atoms with E-state index in [1.807, 2.05) is 54.3 Å². The van der Waals surface area contributed by atoms with Crippen LogP contribution in [0.4, 0.5) is 5.69 Å². The number of carbonyl (C=O) groups excluding carboxylic acids is 1. The molecule has 2 aromatic carbocycles. The quantitative estimate of drug-likeness (QED) is 0.839. The molecule has 0 aromatic heterocycles. The number of para-hydroxylation sites is 1. The standard InChI is InChI=1S/C20H24N2O3/c1-16(25-19-6-4-3-5-7-19)20(23)22-14-12-21(13-15-22)17-8-10-18(24-2)11-9-17/h3-11,16H,12-15H2,1-2H3. The highest BCUT2D eigenvalue weighted by atomic mass is 16.5. The second-order valence-corrected chi connectivity index (χ2v) is 6.08. The van der Waals surface area contributed by atoms with E-state index in [0.717, 1.165) is 30.3 Å². The Kier molecular flexibility index (Phi) is 5.43. The third-order valence-corrected chi connectivity index (χ3v) is 4.43. The molecule has 3 rings (SSSR count). The van der Waals surface area contributed by atoms with Gasteiger partial charge < -0.3 is 19.3 Å². The predicted molar refractivity (Wildman–Crippen MR) is 98.3 cm³/mol. The Labute approximate surface area is 148 Å². The molecule has 1 atom stereocenters. The molecule has 5 nitrogen and oxygen atoms in total. The van der Waals surface area contributed by atoms with Gasteiger partial charge in [-0.05, 0) is 43.3 Å². The van der Waals surface area contributed by atoms with E-state index in [-0.39, 0.29) is 5.91 Å². The lowest BCUT2D eigenvalue weighted by Crippen LogP contribution is -2.52. The van der Waals surface area contributed by atoms with Crippen LogP contribution < -0.4 is 14.4 Å². The molecule has 1 aliphatic heterocycles. The van der Waals surface area contributed by atoms with E-state index in [4.69, 9.17) is 9.47 Å². The minimum absolute atomic E-state index is 0.0400. The molecule has 25 heavy (non-hydrogen) atoms. The van der Waals surface area contributed by atoms with Crippen molar-refractivity contribution in [1.29, 1.82) is 0 Å². The van der Waals surface area contributed by atoms with Crippen LogP contribution in [0.1, 0.15) is 6.92 Å². The number of hydrogen-bond donors (Lipinski definition) is 0. The molecular weight excluding hydrogens is 316 g/mol. The number of carbonyl (C=O) groups is 1. The van der Waals surface area contributed by atoms with Gasteiger partial charge in [-0.15, -0.1) is 0 Å². The summed E-state index contributed by atoms with van der Waals surface area (Å²) in [6.45, 7) is 4.85. The Morgan fingerprint density at radius 1 is 0.920 bits per heavy atom. The molecule has 5 heteroatoms. The number of hydrogen-bond acceptors (Lipinski definition) is 4. The van der Waals surface area contributed by atoms with Gasteiger partial charge in [-0.2, -0.15) is 0 Å². The Morgan fingerprint density at radius 2 is 1.56 bits per heavy atom. The number of rotatable bonds is 5. The summed E-state index contributed by atoms with van der Waals surface area (Å²) in [5.74, 6) is 1.61. The summed E-state index contributed by atoms with van der Waals surface area (Å²) < 4.78 is 10.9. The van der Waals surface area contributed by atoms with Crippen LogP contribution in [0.25, 0.3) is 0 Å². The van der Waals surface area contributed by atoms with E-state index < -0.39 is 6.10 Å². The summed E-state index contributed by atoms with van der Waals surface area (Å²) in [7, 11) is 1.66. The lowest BCUT2D eigenvalue weighted by Gasteiger charge is -2.37. The maximum Gasteiger partial charge on any atom is 0.263 e. The van der Waals surface area contributed by atoms with Crippen molar-refractivity contribution in [2.45, 2.75) is 13.0 Å². The van der Waals surface area contributed by atoms with Crippen molar-refractivity contribution in [2.75, 3.05) is 38.2 Å². The second kappa shape index (κ2) is 7.92. The first kappa shape index (κ1) is 17.1. The number of ether oxygens (including phenoxy) is 2. The molecule has 1 aliphatic rings. The molecule has 0 bridgehead atoms. The van der Waals surface area contributed by atoms with Gasteiger partial charge >= 0.3 is 0 Å². The van der Waals surface area contributed by atoms with Crippen LogP contribution in [0.15, 0.2) is 54.6 Å². The fourth-order valence-corrected chi connectivity index (χ4v) is 2.99. The molecule has 0 N–H and O–H groups in total. The fourth-order valence-electron chi connectivity index (χ4n) is 2.99. The highest BCUT2D eigenvalue weighted by Crippen LogP contribution is 2.21. The molecule has 0 spiro atoms. The Bertz CT molecular complexity index is 680. The van der Waals surface area contributed by atoms with E-state index in [1.165, 1.54) is 0 Å². The third kappa shape index (κ3) is 4.24. The minimum atomic E-state index is -0.477. The lowest BCUT2D eigenvalue weighted by molar-refractivity contribution is -0.138. The Morgan fingerprint density at radius 3 is 2.16 bits per heavy atom. The highest BCUT2D eigenvalue weighted by Gasteiger charge is 2.26. The van der Waals surface area contributed by atoms with Gasteiger partial charge in [-0.25, -0.2) is 0 Å². The first-order valence-electron chi connectivity index (χ1n) is 8.57. The maximum absolute atomic E-state index is 12.6. The average Bonchev–Trinajstić information content (AvgIpc) is 2.68. The summed E-state index contributed by atoms with van der Waals surface area (Å²) in [5, 5.41) is 0. The number of amides is 1. The van der Waals surface area contributed by atoms with Crippen LogP contribution in [0.2, 0.25) is 0 Å². The molecule has 132 valence electrons. The third-order valence-electron chi connectivity index (χ3n) is 4.43. The highest BCUT2D eigenvalue weighted by molar-refractivity contribution is 5.81. The maximum atomic E-state index is 12.6. The first-order chi connectivity index (χ1) is 12.2. The van der Waals surface area contributed by atoms with Crippen LogP contribution in [-0.2, 0) is 4.79 Å². The smallest absolute Gasteiger partial charge is 0.263 e. The van der Waals surface area contributed by atoms with Crippen LogP contribution in [0, 0.1) is 0 Å². The SMILES string of the molecule is COc1ccc(N2CCN(C(=O)C(C)Oc3ccccc3)CC2)cc1. The number of piperazine rings is 1. The number of nitrogens with zero attached hydrogens (tertiary/aromatic N) is 2. The van der Waals surface area contributed by atoms with E-state index in [9.17, 15) is 4.79 Å². The van der Waals surface area contributed by atoms with Crippen LogP contribution in [0.3, 0.4) is 0 Å². The molecule has 1 heterocycles. The molecule has 2 aromatic rings. The van der Waals surface area contributed by atoms with Gasteiger partial charge in [0, 0.05) is 31.9 Å². The summed E-state index contributed by atoms with van der Waals surface area (Å²) in [5.41, 5.74) is 1.15. The Hall–Kier alpha value is -2.69. The largest absolute Gasteiger partial charge is 0.497 e. The van der Waals surface area contributed by atoms with Crippen molar-refractivity contribution in [3.05, 3.63) is 54.6 Å². The normalized spacial score (nSPS) is 15.6. The van der Waals surface area contributed by atoms with Gasteiger partial charge in [0.1, 0.15) is 11.5 Å². The monoisotopic (exact) mass is 340 g/mol. The molecule has 1 unspecified atom stereocenters. The van der Waals surface area contributed by atoms with Gasteiger partial charge in [0.2, 0.25) is 0 Å². The van der Waals surface area contributed by atoms with Crippen molar-refractivity contribution < 1.29 is 14.3 Å². The Balaban J connectivity index is 1.53. The van der Waals surface area contributed by atoms with Crippen molar-refractivity contribution in [2.24, 2.45) is 0 Å². The topological polar surface area (TPSA) is 42.0 Å². The molecule has 0 radical (unpaired) electrons. The van der Waals surface area contributed by atoms with Crippen molar-refractivity contribution >= 4 is 11.6 Å². The lowest BCUT2D eigenvalue weighted by atomic mass is 10.2. The molecule has 1 fully saturated rings. The van der Waals surface area contributed by atoms with Gasteiger partial charge in [-0.3, -0.25) is 4.79 Å². The zero-order chi connectivity index (χ0) is 17.6. The minimum Gasteiger partial charge on any atom is -0.497 e. The van der Waals surface area contributed by atoms with Gasteiger partial charge in [0.05, 0.1) is 7.11 Å². The van der Waals surface area contributed by atoms with Gasteiger partial charge in [0.15, 0.2) is 6.10 Å². The van der Waals surface area contributed by atoms with E-state index in [2.05, 4.69) is 17.0 Å². The number of benzene rings is 2. The predicted octanol–water partition coefficient (Wildman–Crippen LogP) is 2.81. The number of anilines is 1. The zero-order valence-corrected chi connectivity index (χ0v) is 14.7. The van der Waals surface area contributed by atoms with Crippen molar-refractivity contribution in [3.8, 4) is 11.5 Å². The number of methoxy groups -OCH3 is 1. The van der Waals surface area contributed by atoms with E-state index in [1.54, 1.807) is 7.11 Å².